The van der Waals surface area contributed by atoms with Crippen LogP contribution in [0.3, 0.4) is 0 Å². The summed E-state index contributed by atoms with van der Waals surface area (Å²) in [4.78, 5) is 14.1. The van der Waals surface area contributed by atoms with Crippen LogP contribution in [0.15, 0.2) is 0 Å². The van der Waals surface area contributed by atoms with Crippen molar-refractivity contribution in [2.45, 2.75) is 56.5 Å². The number of carbonyl (C=O) groups excluding carboxylic acids is 1. The van der Waals surface area contributed by atoms with Crippen LogP contribution in [-0.4, -0.2) is 47.9 Å². The molecular weight excluding hydrogens is 292 g/mol. The summed E-state index contributed by atoms with van der Waals surface area (Å²) in [6.45, 7) is 4.77. The fourth-order valence-electron chi connectivity index (χ4n) is 2.73. The lowest BCUT2D eigenvalue weighted by Gasteiger charge is -2.29. The van der Waals surface area contributed by atoms with Crippen molar-refractivity contribution in [2.75, 3.05) is 5.75 Å². The van der Waals surface area contributed by atoms with E-state index < -0.39 is 26.7 Å². The summed E-state index contributed by atoms with van der Waals surface area (Å²) in [7, 11) is -3.48. The van der Waals surface area contributed by atoms with Gasteiger partial charge in [0.1, 0.15) is 12.1 Å². The van der Waals surface area contributed by atoms with Gasteiger partial charge in [-0.25, -0.2) is 13.8 Å². The minimum absolute atomic E-state index is 0.0790. The van der Waals surface area contributed by atoms with E-state index in [-0.39, 0.29) is 17.7 Å². The molecule has 118 valence electrons. The Labute approximate surface area is 125 Å². The van der Waals surface area contributed by atoms with Crippen LogP contribution in [0.5, 0.6) is 0 Å². The number of nitrogens with one attached hydrogen (secondary N) is 1. The van der Waals surface area contributed by atoms with Crippen LogP contribution in [0, 0.1) is 17.2 Å². The first-order chi connectivity index (χ1) is 9.62. The van der Waals surface area contributed by atoms with Crippen molar-refractivity contribution < 1.29 is 13.2 Å². The quantitative estimate of drug-likeness (QED) is 0.536. The molecule has 0 aromatic rings. The highest BCUT2D eigenvalue weighted by molar-refractivity contribution is 7.92. The van der Waals surface area contributed by atoms with Crippen LogP contribution >= 0.6 is 0 Å². The average molecular weight is 314 g/mol. The summed E-state index contributed by atoms with van der Waals surface area (Å²) in [6.07, 6.45) is 1.57. The summed E-state index contributed by atoms with van der Waals surface area (Å²) in [5.41, 5.74) is 2.31. The van der Waals surface area contributed by atoms with Gasteiger partial charge in [-0.05, 0) is 39.5 Å². The molecule has 0 aromatic heterocycles. The van der Waals surface area contributed by atoms with E-state index in [9.17, 15) is 13.2 Å². The molecule has 0 radical (unpaired) electrons. The number of carbonyl (C=O) groups is 1. The number of likely N-dealkylation sites (tertiary alicyclic amines) is 1. The first-order valence-electron chi connectivity index (χ1n) is 7.02. The van der Waals surface area contributed by atoms with E-state index in [0.29, 0.717) is 12.3 Å². The van der Waals surface area contributed by atoms with E-state index in [1.807, 2.05) is 0 Å². The van der Waals surface area contributed by atoms with Gasteiger partial charge in [0, 0.05) is 6.04 Å². The standard InChI is InChI=1S/C13H22N4O3S/c1-13(2,3)21(19,20)7-10(16-15)12(18)17-9(6-14)4-8-5-11(8)17/h8-11,16H,4-5,7,15H2,1-3H3/t8-,9+,10+,11+/m1/s1. The predicted molar refractivity (Wildman–Crippen MR) is 77.4 cm³/mol. The molecule has 1 heterocycles. The number of amides is 1. The molecule has 2 rings (SSSR count). The number of sulfone groups is 1. The number of hydrazine groups is 1. The van der Waals surface area contributed by atoms with Crippen LogP contribution in [0.25, 0.3) is 0 Å². The molecule has 3 N–H and O–H groups in total. The Hall–Kier alpha value is -1.17. The molecule has 4 atom stereocenters. The van der Waals surface area contributed by atoms with Gasteiger partial charge in [0.25, 0.3) is 0 Å². The third kappa shape index (κ3) is 2.91. The summed E-state index contributed by atoms with van der Waals surface area (Å²) >= 11 is 0. The number of nitrogens with zero attached hydrogens (tertiary/aromatic N) is 2. The van der Waals surface area contributed by atoms with Crippen molar-refractivity contribution in [3.05, 3.63) is 0 Å². The topological polar surface area (TPSA) is 116 Å². The number of hydrogen-bond acceptors (Lipinski definition) is 6. The first kappa shape index (κ1) is 16.2. The van der Waals surface area contributed by atoms with Crippen molar-refractivity contribution in [1.29, 1.82) is 5.26 Å². The van der Waals surface area contributed by atoms with Crippen LogP contribution in [0.4, 0.5) is 0 Å². The Morgan fingerprint density at radius 2 is 2.10 bits per heavy atom. The maximum absolute atomic E-state index is 12.6. The lowest BCUT2D eigenvalue weighted by Crippen LogP contribution is -2.55. The highest BCUT2D eigenvalue weighted by Crippen LogP contribution is 2.47. The van der Waals surface area contributed by atoms with E-state index in [4.69, 9.17) is 11.1 Å². The van der Waals surface area contributed by atoms with Crippen LogP contribution in [-0.2, 0) is 14.6 Å². The molecule has 1 amide bonds. The number of hydrogen-bond donors (Lipinski definition) is 2. The van der Waals surface area contributed by atoms with Gasteiger partial charge in [-0.15, -0.1) is 0 Å². The zero-order valence-corrected chi connectivity index (χ0v) is 13.4. The largest absolute Gasteiger partial charge is 0.322 e. The molecule has 0 aromatic carbocycles. The van der Waals surface area contributed by atoms with E-state index in [1.165, 1.54) is 4.90 Å². The summed E-state index contributed by atoms with van der Waals surface area (Å²) in [5.74, 6) is 5.03. The molecule has 2 fully saturated rings. The molecule has 2 aliphatic rings. The van der Waals surface area contributed by atoms with Crippen LogP contribution in [0.2, 0.25) is 0 Å². The van der Waals surface area contributed by atoms with Gasteiger partial charge in [0.15, 0.2) is 9.84 Å². The third-order valence-corrected chi connectivity index (χ3v) is 6.96. The number of piperidine rings is 1. The van der Waals surface area contributed by atoms with Crippen molar-refractivity contribution in [2.24, 2.45) is 11.8 Å². The molecule has 21 heavy (non-hydrogen) atoms. The van der Waals surface area contributed by atoms with Gasteiger partial charge in [0.2, 0.25) is 5.91 Å². The van der Waals surface area contributed by atoms with Crippen molar-refractivity contribution >= 4 is 15.7 Å². The second kappa shape index (κ2) is 5.23. The predicted octanol–water partition coefficient (Wildman–Crippen LogP) is -0.455. The van der Waals surface area contributed by atoms with Crippen LogP contribution < -0.4 is 11.3 Å². The highest BCUT2D eigenvalue weighted by atomic mass is 32.2. The first-order valence-corrected chi connectivity index (χ1v) is 8.68. The molecule has 7 nitrogen and oxygen atoms in total. The fraction of sp³-hybridized carbons (Fsp3) is 0.846. The molecule has 1 aliphatic carbocycles. The zero-order valence-electron chi connectivity index (χ0n) is 12.5. The smallest absolute Gasteiger partial charge is 0.243 e. The summed E-state index contributed by atoms with van der Waals surface area (Å²) in [6, 6.07) is 0.721. The minimum atomic E-state index is -3.48. The number of nitrogens with two attached hydrogens (primary N) is 1. The molecule has 8 heteroatoms. The molecule has 1 saturated heterocycles. The minimum Gasteiger partial charge on any atom is -0.322 e. The highest BCUT2D eigenvalue weighted by Gasteiger charge is 2.55. The van der Waals surface area contributed by atoms with E-state index >= 15 is 0 Å². The van der Waals surface area contributed by atoms with Crippen LogP contribution in [0.1, 0.15) is 33.6 Å². The third-order valence-electron chi connectivity index (χ3n) is 4.33. The van der Waals surface area contributed by atoms with Crippen molar-refractivity contribution in [3.63, 3.8) is 0 Å². The summed E-state index contributed by atoms with van der Waals surface area (Å²) < 4.78 is 23.6. The lowest BCUT2D eigenvalue weighted by atomic mass is 10.2. The normalized spacial score (nSPS) is 29.7. The molecule has 0 unspecified atom stereocenters. The monoisotopic (exact) mass is 314 g/mol. The van der Waals surface area contributed by atoms with E-state index in [2.05, 4.69) is 11.5 Å². The Bertz CT molecular complexity index is 575. The maximum Gasteiger partial charge on any atom is 0.243 e. The summed E-state index contributed by atoms with van der Waals surface area (Å²) in [5, 5.41) is 9.13. The van der Waals surface area contributed by atoms with E-state index in [1.54, 1.807) is 20.8 Å². The molecule has 0 spiro atoms. The van der Waals surface area contributed by atoms with Gasteiger partial charge in [-0.1, -0.05) is 0 Å². The molecule has 1 saturated carbocycles. The lowest BCUT2D eigenvalue weighted by molar-refractivity contribution is -0.133. The maximum atomic E-state index is 12.6. The second-order valence-electron chi connectivity index (χ2n) is 6.80. The Morgan fingerprint density at radius 3 is 2.57 bits per heavy atom. The van der Waals surface area contributed by atoms with Gasteiger partial charge >= 0.3 is 0 Å². The zero-order chi connectivity index (χ0) is 16.0. The molecule has 1 aliphatic heterocycles. The van der Waals surface area contributed by atoms with Gasteiger partial charge in [-0.3, -0.25) is 10.6 Å². The average Bonchev–Trinajstić information content (AvgIpc) is 3.04. The van der Waals surface area contributed by atoms with Crippen molar-refractivity contribution in [1.82, 2.24) is 10.3 Å². The van der Waals surface area contributed by atoms with Gasteiger partial charge < -0.3 is 4.90 Å². The molecule has 0 bridgehead atoms. The van der Waals surface area contributed by atoms with E-state index in [0.717, 1.165) is 6.42 Å². The Kier molecular flexibility index (Phi) is 4.04. The molecular formula is C13H22N4O3S. The SMILES string of the molecule is CC(C)(C)S(=O)(=O)C[C@H](NN)C(=O)N1[C@H](C#N)C[C@@H]2C[C@@H]21. The van der Waals surface area contributed by atoms with Gasteiger partial charge in [0.05, 0.1) is 16.6 Å². The fourth-order valence-corrected chi connectivity index (χ4v) is 3.91. The Morgan fingerprint density at radius 1 is 1.48 bits per heavy atom. The number of fused-ring (bicyclic) bond motifs is 1. The van der Waals surface area contributed by atoms with Crippen molar-refractivity contribution in [3.8, 4) is 6.07 Å². The number of rotatable bonds is 4. The Balaban J connectivity index is 2.15. The van der Waals surface area contributed by atoms with Gasteiger partial charge in [-0.2, -0.15) is 5.26 Å². The number of nitriles is 1. The second-order valence-corrected chi connectivity index (χ2v) is 9.59.